The van der Waals surface area contributed by atoms with E-state index in [2.05, 4.69) is 12.2 Å². The highest BCUT2D eigenvalue weighted by Gasteiger charge is 2.20. The van der Waals surface area contributed by atoms with Crippen molar-refractivity contribution >= 4 is 34.3 Å². The van der Waals surface area contributed by atoms with E-state index in [0.717, 1.165) is 17.9 Å². The lowest BCUT2D eigenvalue weighted by atomic mass is 10.1. The molecule has 1 heterocycles. The van der Waals surface area contributed by atoms with Gasteiger partial charge >= 0.3 is 0 Å². The molecule has 1 N–H and O–H groups in total. The Morgan fingerprint density at radius 1 is 0.895 bits per heavy atom. The minimum atomic E-state index is -0.510. The first kappa shape index (κ1) is 25.3. The molecule has 1 aromatic heterocycles. The third kappa shape index (κ3) is 5.63. The van der Waals surface area contributed by atoms with E-state index in [9.17, 15) is 9.59 Å². The number of hydrogen-bond donors (Lipinski definition) is 1. The van der Waals surface area contributed by atoms with E-state index in [1.165, 1.54) is 17.3 Å². The molecule has 0 saturated heterocycles. The van der Waals surface area contributed by atoms with Gasteiger partial charge in [-0.2, -0.15) is 0 Å². The highest BCUT2D eigenvalue weighted by molar-refractivity contribution is 8.00. The van der Waals surface area contributed by atoms with Crippen molar-refractivity contribution in [1.29, 1.82) is 0 Å². The minimum Gasteiger partial charge on any atom is -0.457 e. The SMILES string of the molecule is CCc1ccc(-n2c(SC(C)C(=O)Nc3ccc(Oc4ccccc4)cc3)nc3ccccc3c2=O)cc1. The number of fused-ring (bicyclic) bond motifs is 1. The third-order valence-corrected chi connectivity index (χ3v) is 7.15. The van der Waals surface area contributed by atoms with Crippen molar-refractivity contribution < 1.29 is 9.53 Å². The van der Waals surface area contributed by atoms with Crippen molar-refractivity contribution in [2.24, 2.45) is 0 Å². The summed E-state index contributed by atoms with van der Waals surface area (Å²) in [7, 11) is 0. The van der Waals surface area contributed by atoms with E-state index in [0.29, 0.717) is 27.5 Å². The normalized spacial score (nSPS) is 11.7. The summed E-state index contributed by atoms with van der Waals surface area (Å²) in [5.74, 6) is 1.23. The van der Waals surface area contributed by atoms with Gasteiger partial charge in [0.25, 0.3) is 5.56 Å². The summed E-state index contributed by atoms with van der Waals surface area (Å²) in [6, 6.07) is 31.9. The molecule has 6 nitrogen and oxygen atoms in total. The van der Waals surface area contributed by atoms with Gasteiger partial charge in [-0.3, -0.25) is 14.2 Å². The van der Waals surface area contributed by atoms with Gasteiger partial charge in [0, 0.05) is 5.69 Å². The summed E-state index contributed by atoms with van der Waals surface area (Å²) >= 11 is 1.25. The van der Waals surface area contributed by atoms with Crippen LogP contribution in [0.5, 0.6) is 11.5 Å². The molecule has 5 aromatic rings. The van der Waals surface area contributed by atoms with Crippen LogP contribution in [0.25, 0.3) is 16.6 Å². The van der Waals surface area contributed by atoms with Gasteiger partial charge in [-0.05, 0) is 79.6 Å². The zero-order valence-corrected chi connectivity index (χ0v) is 21.9. The number of benzene rings is 4. The van der Waals surface area contributed by atoms with Crippen molar-refractivity contribution in [3.05, 3.63) is 119 Å². The Morgan fingerprint density at radius 2 is 1.55 bits per heavy atom. The standard InChI is InChI=1S/C31H27N3O3S/c1-3-22-13-17-24(18-14-22)34-30(36)27-11-7-8-12-28(27)33-31(34)38-21(2)29(35)32-23-15-19-26(20-16-23)37-25-9-5-4-6-10-25/h4-21H,3H2,1-2H3,(H,32,35). The monoisotopic (exact) mass is 521 g/mol. The number of anilines is 1. The molecule has 38 heavy (non-hydrogen) atoms. The van der Waals surface area contributed by atoms with Crippen molar-refractivity contribution in [2.75, 3.05) is 5.32 Å². The van der Waals surface area contributed by atoms with Crippen LogP contribution in [-0.2, 0) is 11.2 Å². The Kier molecular flexibility index (Phi) is 7.56. The summed E-state index contributed by atoms with van der Waals surface area (Å²) in [5, 5.41) is 3.44. The molecule has 190 valence electrons. The molecule has 7 heteroatoms. The average molecular weight is 522 g/mol. The van der Waals surface area contributed by atoms with Crippen LogP contribution >= 0.6 is 11.8 Å². The topological polar surface area (TPSA) is 73.2 Å². The fourth-order valence-electron chi connectivity index (χ4n) is 3.99. The Hall–Kier alpha value is -4.36. The number of para-hydroxylation sites is 2. The smallest absolute Gasteiger partial charge is 0.266 e. The first-order chi connectivity index (χ1) is 18.5. The summed E-state index contributed by atoms with van der Waals surface area (Å²) in [6.45, 7) is 3.89. The van der Waals surface area contributed by atoms with Gasteiger partial charge in [0.1, 0.15) is 11.5 Å². The van der Waals surface area contributed by atoms with Crippen LogP contribution in [0.15, 0.2) is 113 Å². The van der Waals surface area contributed by atoms with Crippen molar-refractivity contribution in [2.45, 2.75) is 30.7 Å². The number of rotatable bonds is 8. The molecule has 0 saturated carbocycles. The highest BCUT2D eigenvalue weighted by atomic mass is 32.2. The molecule has 0 bridgehead atoms. The number of nitrogens with zero attached hydrogens (tertiary/aromatic N) is 2. The molecular weight excluding hydrogens is 494 g/mol. The maximum atomic E-state index is 13.5. The van der Waals surface area contributed by atoms with E-state index < -0.39 is 5.25 Å². The highest BCUT2D eigenvalue weighted by Crippen LogP contribution is 2.27. The number of aryl methyl sites for hydroxylation is 1. The van der Waals surface area contributed by atoms with E-state index >= 15 is 0 Å². The third-order valence-electron chi connectivity index (χ3n) is 6.10. The lowest BCUT2D eigenvalue weighted by Crippen LogP contribution is -2.26. The second kappa shape index (κ2) is 11.4. The summed E-state index contributed by atoms with van der Waals surface area (Å²) < 4.78 is 7.41. The van der Waals surface area contributed by atoms with Crippen LogP contribution in [0.3, 0.4) is 0 Å². The van der Waals surface area contributed by atoms with Gasteiger partial charge in [-0.15, -0.1) is 0 Å². The number of amides is 1. The first-order valence-electron chi connectivity index (χ1n) is 12.4. The molecule has 5 rings (SSSR count). The van der Waals surface area contributed by atoms with Crippen molar-refractivity contribution in [3.63, 3.8) is 0 Å². The van der Waals surface area contributed by atoms with Gasteiger partial charge < -0.3 is 10.1 Å². The molecule has 0 radical (unpaired) electrons. The quantitative estimate of drug-likeness (QED) is 0.178. The molecule has 4 aromatic carbocycles. The number of carbonyl (C=O) groups excluding carboxylic acids is 1. The zero-order chi connectivity index (χ0) is 26.5. The van der Waals surface area contributed by atoms with E-state index in [-0.39, 0.29) is 11.5 Å². The van der Waals surface area contributed by atoms with E-state index in [4.69, 9.17) is 9.72 Å². The fourth-order valence-corrected chi connectivity index (χ4v) is 4.91. The molecule has 0 fully saturated rings. The largest absolute Gasteiger partial charge is 0.457 e. The van der Waals surface area contributed by atoms with Gasteiger partial charge in [-0.25, -0.2) is 4.98 Å². The predicted molar refractivity (Wildman–Crippen MR) is 154 cm³/mol. The fraction of sp³-hybridized carbons (Fsp3) is 0.129. The zero-order valence-electron chi connectivity index (χ0n) is 21.1. The maximum absolute atomic E-state index is 13.5. The summed E-state index contributed by atoms with van der Waals surface area (Å²) in [5.41, 5.74) is 2.99. The van der Waals surface area contributed by atoms with Gasteiger partial charge in [0.05, 0.1) is 21.8 Å². The lowest BCUT2D eigenvalue weighted by molar-refractivity contribution is -0.115. The lowest BCUT2D eigenvalue weighted by Gasteiger charge is -2.17. The molecule has 1 atom stereocenters. The second-order valence-electron chi connectivity index (χ2n) is 8.76. The number of hydrogen-bond acceptors (Lipinski definition) is 5. The van der Waals surface area contributed by atoms with Gasteiger partial charge in [-0.1, -0.05) is 61.2 Å². The number of ether oxygens (including phenoxy) is 1. The Morgan fingerprint density at radius 3 is 2.26 bits per heavy atom. The average Bonchev–Trinajstić information content (AvgIpc) is 2.95. The maximum Gasteiger partial charge on any atom is 0.266 e. The molecule has 1 amide bonds. The summed E-state index contributed by atoms with van der Waals surface area (Å²) in [6.07, 6.45) is 0.906. The van der Waals surface area contributed by atoms with Crippen LogP contribution in [-0.4, -0.2) is 20.7 Å². The van der Waals surface area contributed by atoms with Crippen LogP contribution in [0.4, 0.5) is 5.69 Å². The van der Waals surface area contributed by atoms with Crippen LogP contribution < -0.4 is 15.6 Å². The molecule has 0 aliphatic carbocycles. The molecule has 0 aliphatic heterocycles. The molecule has 1 unspecified atom stereocenters. The number of carbonyl (C=O) groups is 1. The molecular formula is C31H27N3O3S. The van der Waals surface area contributed by atoms with Crippen molar-refractivity contribution in [1.82, 2.24) is 9.55 Å². The van der Waals surface area contributed by atoms with Gasteiger partial charge in [0.15, 0.2) is 5.16 Å². The Labute approximate surface area is 225 Å². The Bertz CT molecular complexity index is 1620. The van der Waals surface area contributed by atoms with Gasteiger partial charge in [0.2, 0.25) is 5.91 Å². The number of thioether (sulfide) groups is 1. The number of aromatic nitrogens is 2. The van der Waals surface area contributed by atoms with Crippen LogP contribution in [0, 0.1) is 0 Å². The van der Waals surface area contributed by atoms with Crippen molar-refractivity contribution in [3.8, 4) is 17.2 Å². The second-order valence-corrected chi connectivity index (χ2v) is 10.1. The summed E-state index contributed by atoms with van der Waals surface area (Å²) in [4.78, 5) is 31.4. The first-order valence-corrected chi connectivity index (χ1v) is 13.3. The van der Waals surface area contributed by atoms with Crippen LogP contribution in [0.1, 0.15) is 19.4 Å². The predicted octanol–water partition coefficient (Wildman–Crippen LogP) is 6.86. The molecule has 0 spiro atoms. The van der Waals surface area contributed by atoms with Crippen LogP contribution in [0.2, 0.25) is 0 Å². The molecule has 0 aliphatic rings. The Balaban J connectivity index is 1.36. The van der Waals surface area contributed by atoms with E-state index in [1.807, 2.05) is 84.9 Å². The number of nitrogens with one attached hydrogen (secondary N) is 1. The minimum absolute atomic E-state index is 0.163. The van der Waals surface area contributed by atoms with E-state index in [1.54, 1.807) is 29.7 Å².